The van der Waals surface area contributed by atoms with Crippen molar-refractivity contribution in [2.24, 2.45) is 5.92 Å². The first kappa shape index (κ1) is 17.6. The highest BCUT2D eigenvalue weighted by Crippen LogP contribution is 2.35. The van der Waals surface area contributed by atoms with E-state index in [1.54, 1.807) is 30.2 Å². The van der Waals surface area contributed by atoms with Crippen LogP contribution < -0.4 is 15.0 Å². The number of unbranched alkanes of at least 4 members (excludes halogenated alkanes) is 2. The Bertz CT molecular complexity index is 577. The molecule has 0 saturated carbocycles. The van der Waals surface area contributed by atoms with E-state index in [0.29, 0.717) is 29.5 Å². The van der Waals surface area contributed by atoms with Gasteiger partial charge in [0, 0.05) is 24.5 Å². The van der Waals surface area contributed by atoms with Crippen molar-refractivity contribution in [2.75, 3.05) is 25.1 Å². The molecule has 1 fully saturated rings. The summed E-state index contributed by atoms with van der Waals surface area (Å²) in [7, 11) is 1.55. The predicted molar refractivity (Wildman–Crippen MR) is 91.0 cm³/mol. The van der Waals surface area contributed by atoms with Crippen molar-refractivity contribution in [1.29, 1.82) is 0 Å². The van der Waals surface area contributed by atoms with Crippen molar-refractivity contribution in [2.45, 2.75) is 32.6 Å². The van der Waals surface area contributed by atoms with E-state index in [1.165, 1.54) is 0 Å². The van der Waals surface area contributed by atoms with Crippen LogP contribution in [0.3, 0.4) is 0 Å². The van der Waals surface area contributed by atoms with Crippen molar-refractivity contribution in [1.82, 2.24) is 5.32 Å². The van der Waals surface area contributed by atoms with Crippen molar-refractivity contribution < 1.29 is 14.3 Å². The SMILES string of the molecule is CCCCCNC(=O)C1CC(=O)N(c2cc(Cl)ccc2OC)C1. The molecule has 6 heteroatoms. The molecule has 1 aromatic carbocycles. The fourth-order valence-corrected chi connectivity index (χ4v) is 2.89. The number of rotatable bonds is 7. The number of nitrogens with one attached hydrogen (secondary N) is 1. The normalized spacial score (nSPS) is 17.4. The first-order valence-electron chi connectivity index (χ1n) is 7.98. The number of benzene rings is 1. The number of carbonyl (C=O) groups excluding carboxylic acids is 2. The van der Waals surface area contributed by atoms with Crippen LogP contribution in [0, 0.1) is 5.92 Å². The summed E-state index contributed by atoms with van der Waals surface area (Å²) in [4.78, 5) is 26.1. The molecule has 0 radical (unpaired) electrons. The zero-order valence-corrected chi connectivity index (χ0v) is 14.4. The van der Waals surface area contributed by atoms with E-state index in [0.717, 1.165) is 19.3 Å². The van der Waals surface area contributed by atoms with Crippen molar-refractivity contribution in [3.05, 3.63) is 23.2 Å². The molecule has 1 atom stereocenters. The molecule has 1 aliphatic heterocycles. The number of nitrogens with zero attached hydrogens (tertiary/aromatic N) is 1. The maximum atomic E-state index is 12.3. The Labute approximate surface area is 141 Å². The molecule has 0 aliphatic carbocycles. The minimum atomic E-state index is -0.326. The van der Waals surface area contributed by atoms with Crippen LogP contribution in [-0.2, 0) is 9.59 Å². The van der Waals surface area contributed by atoms with E-state index >= 15 is 0 Å². The molecule has 1 saturated heterocycles. The topological polar surface area (TPSA) is 58.6 Å². The molecule has 0 aromatic heterocycles. The van der Waals surface area contributed by atoms with Gasteiger partial charge in [-0.3, -0.25) is 9.59 Å². The van der Waals surface area contributed by atoms with Crippen LogP contribution in [-0.4, -0.2) is 32.0 Å². The van der Waals surface area contributed by atoms with Gasteiger partial charge < -0.3 is 15.0 Å². The Kier molecular flexibility index (Phi) is 6.28. The Morgan fingerprint density at radius 1 is 1.43 bits per heavy atom. The third-order valence-electron chi connectivity index (χ3n) is 4.01. The zero-order chi connectivity index (χ0) is 16.8. The number of hydrogen-bond donors (Lipinski definition) is 1. The second-order valence-corrected chi connectivity index (χ2v) is 6.16. The van der Waals surface area contributed by atoms with Crippen molar-refractivity contribution in [3.8, 4) is 5.75 Å². The second-order valence-electron chi connectivity index (χ2n) is 5.72. The maximum absolute atomic E-state index is 12.3. The molecule has 1 heterocycles. The lowest BCUT2D eigenvalue weighted by molar-refractivity contribution is -0.126. The Morgan fingerprint density at radius 2 is 2.22 bits per heavy atom. The molecule has 2 amide bonds. The molecule has 5 nitrogen and oxygen atoms in total. The molecular weight excluding hydrogens is 316 g/mol. The monoisotopic (exact) mass is 338 g/mol. The predicted octanol–water partition coefficient (Wildman–Crippen LogP) is 3.01. The average Bonchev–Trinajstić information content (AvgIpc) is 2.93. The highest BCUT2D eigenvalue weighted by molar-refractivity contribution is 6.31. The van der Waals surface area contributed by atoms with E-state index in [4.69, 9.17) is 16.3 Å². The molecule has 23 heavy (non-hydrogen) atoms. The smallest absolute Gasteiger partial charge is 0.227 e. The van der Waals surface area contributed by atoms with Gasteiger partial charge in [0.15, 0.2) is 0 Å². The molecule has 126 valence electrons. The minimum Gasteiger partial charge on any atom is -0.495 e. The molecule has 1 unspecified atom stereocenters. The molecule has 1 N–H and O–H groups in total. The number of anilines is 1. The summed E-state index contributed by atoms with van der Waals surface area (Å²) in [5.41, 5.74) is 0.617. The lowest BCUT2D eigenvalue weighted by Crippen LogP contribution is -2.33. The first-order chi connectivity index (χ1) is 11.1. The van der Waals surface area contributed by atoms with Crippen molar-refractivity contribution >= 4 is 29.1 Å². The Hall–Kier alpha value is -1.75. The average molecular weight is 339 g/mol. The lowest BCUT2D eigenvalue weighted by Gasteiger charge is -2.19. The molecular formula is C17H23ClN2O3. The van der Waals surface area contributed by atoms with Crippen LogP contribution in [0.5, 0.6) is 5.75 Å². The van der Waals surface area contributed by atoms with Crippen LogP contribution in [0.15, 0.2) is 18.2 Å². The van der Waals surface area contributed by atoms with Gasteiger partial charge in [0.2, 0.25) is 11.8 Å². The Morgan fingerprint density at radius 3 is 2.91 bits per heavy atom. The highest BCUT2D eigenvalue weighted by Gasteiger charge is 2.36. The van der Waals surface area contributed by atoms with E-state index in [9.17, 15) is 9.59 Å². The summed E-state index contributed by atoms with van der Waals surface area (Å²) < 4.78 is 5.30. The lowest BCUT2D eigenvalue weighted by atomic mass is 10.1. The summed E-state index contributed by atoms with van der Waals surface area (Å²) in [5.74, 6) is 0.108. The summed E-state index contributed by atoms with van der Waals surface area (Å²) in [5, 5.41) is 3.45. The molecule has 0 bridgehead atoms. The van der Waals surface area contributed by atoms with Crippen LogP contribution in [0.25, 0.3) is 0 Å². The number of methoxy groups -OCH3 is 1. The quantitative estimate of drug-likeness (QED) is 0.777. The number of carbonyl (C=O) groups is 2. The van der Waals surface area contributed by atoms with Gasteiger partial charge in [0.1, 0.15) is 5.75 Å². The zero-order valence-electron chi connectivity index (χ0n) is 13.6. The van der Waals surface area contributed by atoms with Crippen LogP contribution in [0.1, 0.15) is 32.6 Å². The van der Waals surface area contributed by atoms with Gasteiger partial charge >= 0.3 is 0 Å². The minimum absolute atomic E-state index is 0.0575. The number of halogens is 1. The van der Waals surface area contributed by atoms with Gasteiger partial charge in [-0.2, -0.15) is 0 Å². The largest absolute Gasteiger partial charge is 0.495 e. The van der Waals surface area contributed by atoms with Crippen LogP contribution in [0.2, 0.25) is 5.02 Å². The van der Waals surface area contributed by atoms with Gasteiger partial charge in [-0.25, -0.2) is 0 Å². The first-order valence-corrected chi connectivity index (χ1v) is 8.36. The van der Waals surface area contributed by atoms with Crippen molar-refractivity contribution in [3.63, 3.8) is 0 Å². The standard InChI is InChI=1S/C17H23ClN2O3/c1-3-4-5-8-19-17(22)12-9-16(21)20(11-12)14-10-13(18)6-7-15(14)23-2/h6-7,10,12H,3-5,8-9,11H2,1-2H3,(H,19,22). The number of amides is 2. The fraction of sp³-hybridized carbons (Fsp3) is 0.529. The van der Waals surface area contributed by atoms with E-state index in [-0.39, 0.29) is 24.2 Å². The Balaban J connectivity index is 2.02. The maximum Gasteiger partial charge on any atom is 0.227 e. The summed E-state index contributed by atoms with van der Waals surface area (Å²) in [6.45, 7) is 3.14. The van der Waals surface area contributed by atoms with E-state index < -0.39 is 0 Å². The van der Waals surface area contributed by atoms with Gasteiger partial charge in [-0.1, -0.05) is 31.4 Å². The van der Waals surface area contributed by atoms with Gasteiger partial charge in [-0.05, 0) is 24.6 Å². The highest BCUT2D eigenvalue weighted by atomic mass is 35.5. The third-order valence-corrected chi connectivity index (χ3v) is 4.24. The molecule has 1 aromatic rings. The van der Waals surface area contributed by atoms with Gasteiger partial charge in [0.25, 0.3) is 0 Å². The number of ether oxygens (including phenoxy) is 1. The third kappa shape index (κ3) is 4.38. The number of hydrogen-bond acceptors (Lipinski definition) is 3. The summed E-state index contributed by atoms with van der Waals surface area (Å²) in [6.07, 6.45) is 3.39. The summed E-state index contributed by atoms with van der Waals surface area (Å²) >= 11 is 6.02. The molecule has 1 aliphatic rings. The van der Waals surface area contributed by atoms with E-state index in [1.807, 2.05) is 0 Å². The van der Waals surface area contributed by atoms with Crippen LogP contribution in [0.4, 0.5) is 5.69 Å². The van der Waals surface area contributed by atoms with Gasteiger partial charge in [-0.15, -0.1) is 0 Å². The summed E-state index contributed by atoms with van der Waals surface area (Å²) in [6, 6.07) is 5.13. The molecule has 0 spiro atoms. The fourth-order valence-electron chi connectivity index (χ4n) is 2.72. The second kappa shape index (κ2) is 8.20. The molecule has 2 rings (SSSR count). The van der Waals surface area contributed by atoms with Crippen LogP contribution >= 0.6 is 11.6 Å². The van der Waals surface area contributed by atoms with Gasteiger partial charge in [0.05, 0.1) is 18.7 Å². The van der Waals surface area contributed by atoms with E-state index in [2.05, 4.69) is 12.2 Å².